The number of benzene rings is 1. The lowest BCUT2D eigenvalue weighted by Gasteiger charge is -2.17. The van der Waals surface area contributed by atoms with Crippen LogP contribution < -0.4 is 5.32 Å². The third-order valence-corrected chi connectivity index (χ3v) is 3.28. The van der Waals surface area contributed by atoms with Gasteiger partial charge in [-0.15, -0.1) is 0 Å². The van der Waals surface area contributed by atoms with Crippen LogP contribution in [0.25, 0.3) is 0 Å². The van der Waals surface area contributed by atoms with Crippen molar-refractivity contribution in [3.05, 3.63) is 33.8 Å². The second kappa shape index (κ2) is 6.87. The van der Waals surface area contributed by atoms with Gasteiger partial charge in [-0.3, -0.25) is 4.79 Å². The number of amides is 1. The number of nitrogens with one attached hydrogen (secondary N) is 1. The predicted molar refractivity (Wildman–Crippen MR) is 72.9 cm³/mol. The maximum absolute atomic E-state index is 12.1. The second-order valence-electron chi connectivity index (χ2n) is 3.96. The van der Waals surface area contributed by atoms with E-state index in [2.05, 4.69) is 19.2 Å². The van der Waals surface area contributed by atoms with Gasteiger partial charge in [0.05, 0.1) is 15.6 Å². The molecule has 0 heterocycles. The zero-order valence-corrected chi connectivity index (χ0v) is 11.6. The Hall–Kier alpha value is -0.730. The minimum absolute atomic E-state index is 0.180. The Kier molecular flexibility index (Phi) is 5.79. The molecule has 1 aromatic carbocycles. The van der Waals surface area contributed by atoms with Gasteiger partial charge in [0.2, 0.25) is 0 Å². The molecule has 0 aliphatic carbocycles. The van der Waals surface area contributed by atoms with Gasteiger partial charge in [0.25, 0.3) is 5.91 Å². The molecule has 17 heavy (non-hydrogen) atoms. The van der Waals surface area contributed by atoms with Gasteiger partial charge in [-0.05, 0) is 25.0 Å². The Balaban J connectivity index is 2.82. The summed E-state index contributed by atoms with van der Waals surface area (Å²) in [4.78, 5) is 12.1. The topological polar surface area (TPSA) is 29.1 Å². The summed E-state index contributed by atoms with van der Waals surface area (Å²) in [5.74, 6) is -0.194. The zero-order valence-electron chi connectivity index (χ0n) is 10.1. The summed E-state index contributed by atoms with van der Waals surface area (Å²) in [7, 11) is 0. The summed E-state index contributed by atoms with van der Waals surface area (Å²) in [5, 5.41) is 3.74. The van der Waals surface area contributed by atoms with Crippen molar-refractivity contribution in [2.75, 3.05) is 0 Å². The molecule has 0 saturated heterocycles. The molecular formula is C13H17Cl2NO. The summed E-state index contributed by atoms with van der Waals surface area (Å²) in [5.41, 5.74) is 0.366. The molecular weight excluding hydrogens is 257 g/mol. The third-order valence-electron chi connectivity index (χ3n) is 2.65. The quantitative estimate of drug-likeness (QED) is 0.852. The van der Waals surface area contributed by atoms with Crippen LogP contribution in [0.5, 0.6) is 0 Å². The molecule has 4 heteroatoms. The maximum atomic E-state index is 12.1. The van der Waals surface area contributed by atoms with E-state index in [-0.39, 0.29) is 11.9 Å². The van der Waals surface area contributed by atoms with Crippen molar-refractivity contribution < 1.29 is 4.79 Å². The van der Waals surface area contributed by atoms with Crippen molar-refractivity contribution in [1.29, 1.82) is 0 Å². The molecule has 0 aromatic heterocycles. The van der Waals surface area contributed by atoms with Crippen LogP contribution in [0, 0.1) is 0 Å². The maximum Gasteiger partial charge on any atom is 0.254 e. The van der Waals surface area contributed by atoms with Crippen molar-refractivity contribution >= 4 is 29.1 Å². The van der Waals surface area contributed by atoms with E-state index in [9.17, 15) is 4.79 Å². The monoisotopic (exact) mass is 273 g/mol. The van der Waals surface area contributed by atoms with Crippen LogP contribution in [-0.4, -0.2) is 11.9 Å². The lowest BCUT2D eigenvalue weighted by atomic mass is 10.1. The normalized spacial score (nSPS) is 12.2. The molecule has 1 rings (SSSR count). The summed E-state index contributed by atoms with van der Waals surface area (Å²) >= 11 is 12.0. The first-order chi connectivity index (χ1) is 8.10. The average molecular weight is 274 g/mol. The highest BCUT2D eigenvalue weighted by atomic mass is 35.5. The van der Waals surface area contributed by atoms with E-state index >= 15 is 0 Å². The molecule has 1 unspecified atom stereocenters. The smallest absolute Gasteiger partial charge is 0.254 e. The zero-order chi connectivity index (χ0) is 12.8. The van der Waals surface area contributed by atoms with Crippen LogP contribution in [0.3, 0.4) is 0 Å². The van der Waals surface area contributed by atoms with E-state index in [0.717, 1.165) is 19.3 Å². The SMILES string of the molecule is CCCC(CC)NC(=O)c1c(Cl)cccc1Cl. The molecule has 0 aliphatic heterocycles. The Bertz CT molecular complexity index is 373. The van der Waals surface area contributed by atoms with Crippen LogP contribution in [0.1, 0.15) is 43.5 Å². The first kappa shape index (κ1) is 14.3. The number of halogens is 2. The highest BCUT2D eigenvalue weighted by Gasteiger charge is 2.17. The van der Waals surface area contributed by atoms with E-state index in [4.69, 9.17) is 23.2 Å². The largest absolute Gasteiger partial charge is 0.349 e. The minimum atomic E-state index is -0.194. The number of hydrogen-bond donors (Lipinski definition) is 1. The fourth-order valence-corrected chi connectivity index (χ4v) is 2.27. The molecule has 2 nitrogen and oxygen atoms in total. The molecule has 0 bridgehead atoms. The molecule has 0 aliphatic rings. The summed E-state index contributed by atoms with van der Waals surface area (Å²) in [6.07, 6.45) is 2.90. The van der Waals surface area contributed by atoms with Gasteiger partial charge < -0.3 is 5.32 Å². The Morgan fingerprint density at radius 2 is 1.88 bits per heavy atom. The molecule has 0 spiro atoms. The Labute approximate surface area is 112 Å². The first-order valence-electron chi connectivity index (χ1n) is 5.85. The number of carbonyl (C=O) groups excluding carboxylic acids is 1. The van der Waals surface area contributed by atoms with Crippen molar-refractivity contribution in [2.45, 2.75) is 39.2 Å². The van der Waals surface area contributed by atoms with Gasteiger partial charge in [-0.1, -0.05) is 49.5 Å². The van der Waals surface area contributed by atoms with E-state index in [0.29, 0.717) is 15.6 Å². The minimum Gasteiger partial charge on any atom is -0.349 e. The molecule has 1 aromatic rings. The predicted octanol–water partition coefficient (Wildman–Crippen LogP) is 4.30. The van der Waals surface area contributed by atoms with E-state index < -0.39 is 0 Å². The molecule has 1 amide bonds. The highest BCUT2D eigenvalue weighted by Crippen LogP contribution is 2.24. The van der Waals surface area contributed by atoms with Gasteiger partial charge in [0.15, 0.2) is 0 Å². The van der Waals surface area contributed by atoms with Crippen molar-refractivity contribution in [3.63, 3.8) is 0 Å². The highest BCUT2D eigenvalue weighted by molar-refractivity contribution is 6.39. The van der Waals surface area contributed by atoms with E-state index in [1.807, 2.05) is 0 Å². The van der Waals surface area contributed by atoms with Crippen LogP contribution in [0.2, 0.25) is 10.0 Å². The summed E-state index contributed by atoms with van der Waals surface area (Å²) in [6, 6.07) is 5.25. The summed E-state index contributed by atoms with van der Waals surface area (Å²) in [6.45, 7) is 4.14. The lowest BCUT2D eigenvalue weighted by molar-refractivity contribution is 0.0934. The molecule has 0 saturated carbocycles. The van der Waals surface area contributed by atoms with Crippen LogP contribution >= 0.6 is 23.2 Å². The van der Waals surface area contributed by atoms with E-state index in [1.165, 1.54) is 0 Å². The molecule has 0 radical (unpaired) electrons. The van der Waals surface area contributed by atoms with Crippen LogP contribution in [0.15, 0.2) is 18.2 Å². The number of hydrogen-bond acceptors (Lipinski definition) is 1. The summed E-state index contributed by atoms with van der Waals surface area (Å²) < 4.78 is 0. The molecule has 94 valence electrons. The number of rotatable bonds is 5. The first-order valence-corrected chi connectivity index (χ1v) is 6.60. The molecule has 0 fully saturated rings. The van der Waals surface area contributed by atoms with Gasteiger partial charge in [0, 0.05) is 6.04 Å². The van der Waals surface area contributed by atoms with E-state index in [1.54, 1.807) is 18.2 Å². The lowest BCUT2D eigenvalue weighted by Crippen LogP contribution is -2.34. The van der Waals surface area contributed by atoms with Crippen molar-refractivity contribution in [1.82, 2.24) is 5.32 Å². The standard InChI is InChI=1S/C13H17Cl2NO/c1-3-6-9(4-2)16-13(17)12-10(14)7-5-8-11(12)15/h5,7-9H,3-4,6H2,1-2H3,(H,16,17). The number of carbonyl (C=O) groups is 1. The Morgan fingerprint density at radius 1 is 1.29 bits per heavy atom. The fourth-order valence-electron chi connectivity index (χ4n) is 1.70. The molecule has 1 atom stereocenters. The third kappa shape index (κ3) is 3.90. The van der Waals surface area contributed by atoms with Crippen LogP contribution in [0.4, 0.5) is 0 Å². The van der Waals surface area contributed by atoms with Crippen LogP contribution in [-0.2, 0) is 0 Å². The Morgan fingerprint density at radius 3 is 2.35 bits per heavy atom. The van der Waals surface area contributed by atoms with Gasteiger partial charge in [-0.2, -0.15) is 0 Å². The van der Waals surface area contributed by atoms with Gasteiger partial charge >= 0.3 is 0 Å². The second-order valence-corrected chi connectivity index (χ2v) is 4.78. The van der Waals surface area contributed by atoms with Gasteiger partial charge in [-0.25, -0.2) is 0 Å². The molecule has 1 N–H and O–H groups in total. The van der Waals surface area contributed by atoms with Gasteiger partial charge in [0.1, 0.15) is 0 Å². The van der Waals surface area contributed by atoms with Crippen molar-refractivity contribution in [2.24, 2.45) is 0 Å². The van der Waals surface area contributed by atoms with Crippen molar-refractivity contribution in [3.8, 4) is 0 Å². The fraction of sp³-hybridized carbons (Fsp3) is 0.462. The average Bonchev–Trinajstić information content (AvgIpc) is 2.28.